The molecule has 0 rings (SSSR count). The van der Waals surface area contributed by atoms with E-state index in [1.165, 1.54) is 7.05 Å². The van der Waals surface area contributed by atoms with Crippen LogP contribution in [-0.4, -0.2) is 30.9 Å². The monoisotopic (exact) mass is 139 g/mol. The number of aliphatic carboxylic acids is 1. The van der Waals surface area contributed by atoms with E-state index in [1.807, 2.05) is 0 Å². The fourth-order valence-corrected chi connectivity index (χ4v) is 0.241. The Balaban J connectivity index is 0. The number of hydrogen-bond acceptors (Lipinski definition) is 3. The van der Waals surface area contributed by atoms with Gasteiger partial charge in [0.1, 0.15) is 0 Å². The summed E-state index contributed by atoms with van der Waals surface area (Å²) in [6, 6.07) is 0. The van der Waals surface area contributed by atoms with Crippen LogP contribution in [-0.2, 0) is 9.59 Å². The Morgan fingerprint density at radius 3 is 2.33 bits per heavy atom. The Bertz CT molecular complexity index is 106. The van der Waals surface area contributed by atoms with E-state index >= 15 is 0 Å². The van der Waals surface area contributed by atoms with E-state index in [0.29, 0.717) is 6.41 Å². The minimum atomic E-state index is -1.25. The number of carbonyl (C=O) groups is 2. The number of amides is 1. The number of hydrogen-bond donors (Lipinski definition) is 0. The molecule has 0 aliphatic carbocycles. The number of carboxylic acid groups (broad SMARTS) is 1. The van der Waals surface area contributed by atoms with Crippen LogP contribution in [0, 0.1) is 0 Å². The van der Waals surface area contributed by atoms with Gasteiger partial charge in [0, 0.05) is 7.05 Å². The second-order valence-corrected chi connectivity index (χ2v) is 1.39. The molecule has 0 unspecified atom stereocenters. The maximum absolute atomic E-state index is 9.68. The van der Waals surface area contributed by atoms with Crippen LogP contribution in [0.5, 0.6) is 0 Å². The molecule has 0 aliphatic rings. The molecule has 0 radical (unpaired) electrons. The zero-order valence-corrected chi connectivity index (χ0v) is 7.46. The van der Waals surface area contributed by atoms with E-state index in [-0.39, 0.29) is 36.1 Å². The van der Waals surface area contributed by atoms with E-state index in [2.05, 4.69) is 0 Å². The number of carbonyl (C=O) groups excluding carboxylic acids is 2. The van der Waals surface area contributed by atoms with Crippen molar-refractivity contribution in [3.05, 3.63) is 0 Å². The molecule has 0 aromatic rings. The van der Waals surface area contributed by atoms with Gasteiger partial charge >= 0.3 is 29.6 Å². The molecule has 46 valence electrons. The SMILES string of the molecule is CN(C=O)CC(=O)[O-].[Na+]. The standard InChI is InChI=1S/C4H7NO3.Na/c1-5(3-6)2-4(7)8;/h3H,2H2,1H3,(H,7,8);/q;+1/p-1. The summed E-state index contributed by atoms with van der Waals surface area (Å²) >= 11 is 0. The summed E-state index contributed by atoms with van der Waals surface area (Å²) < 4.78 is 0. The van der Waals surface area contributed by atoms with Crippen LogP contribution >= 0.6 is 0 Å². The molecule has 0 fully saturated rings. The Hall–Kier alpha value is -0.0600. The molecule has 1 amide bonds. The third-order valence-corrected chi connectivity index (χ3v) is 0.558. The van der Waals surface area contributed by atoms with E-state index in [1.54, 1.807) is 0 Å². The molecular weight excluding hydrogens is 133 g/mol. The first-order valence-corrected chi connectivity index (χ1v) is 2.02. The molecule has 0 heterocycles. The molecule has 0 bridgehead atoms. The van der Waals surface area contributed by atoms with Crippen molar-refractivity contribution in [2.75, 3.05) is 13.6 Å². The summed E-state index contributed by atoms with van der Waals surface area (Å²) in [6.45, 7) is -0.344. The van der Waals surface area contributed by atoms with Crippen LogP contribution < -0.4 is 34.7 Å². The Labute approximate surface area is 75.1 Å². The quantitative estimate of drug-likeness (QED) is 0.290. The maximum atomic E-state index is 9.68. The van der Waals surface area contributed by atoms with E-state index in [9.17, 15) is 14.7 Å². The normalized spacial score (nSPS) is 7.22. The predicted octanol–water partition coefficient (Wildman–Crippen LogP) is -5.17. The molecule has 4 nitrogen and oxygen atoms in total. The van der Waals surface area contributed by atoms with Crippen molar-refractivity contribution in [3.63, 3.8) is 0 Å². The molecule has 0 aliphatic heterocycles. The van der Waals surface area contributed by atoms with Crippen molar-refractivity contribution in [1.82, 2.24) is 4.90 Å². The molecule has 0 aromatic heterocycles. The topological polar surface area (TPSA) is 60.4 Å². The third kappa shape index (κ3) is 7.94. The smallest absolute Gasteiger partial charge is 0.548 e. The predicted molar refractivity (Wildman–Crippen MR) is 23.7 cm³/mol. The van der Waals surface area contributed by atoms with Gasteiger partial charge in [-0.1, -0.05) is 0 Å². The summed E-state index contributed by atoms with van der Waals surface area (Å²) in [7, 11) is 1.36. The average Bonchev–Trinajstić information content (AvgIpc) is 1.65. The Morgan fingerprint density at radius 2 is 2.22 bits per heavy atom. The average molecular weight is 139 g/mol. The van der Waals surface area contributed by atoms with Crippen LogP contribution in [0.4, 0.5) is 0 Å². The number of nitrogens with zero attached hydrogens (tertiary/aromatic N) is 1. The molecule has 0 saturated carbocycles. The van der Waals surface area contributed by atoms with Gasteiger partial charge in [0.2, 0.25) is 6.41 Å². The van der Waals surface area contributed by atoms with Gasteiger partial charge in [-0.3, -0.25) is 4.79 Å². The second-order valence-electron chi connectivity index (χ2n) is 1.39. The molecular formula is C4H6NNaO3. The van der Waals surface area contributed by atoms with Crippen molar-refractivity contribution < 1.29 is 44.3 Å². The maximum Gasteiger partial charge on any atom is 1.00 e. The zero-order valence-electron chi connectivity index (χ0n) is 5.46. The van der Waals surface area contributed by atoms with Crippen LogP contribution in [0.1, 0.15) is 0 Å². The molecule has 0 spiro atoms. The first-order valence-electron chi connectivity index (χ1n) is 2.02. The number of likely N-dealkylation sites (N-methyl/N-ethyl adjacent to an activating group) is 1. The Morgan fingerprint density at radius 1 is 1.78 bits per heavy atom. The largest absolute Gasteiger partial charge is 1.00 e. The number of rotatable bonds is 3. The summed E-state index contributed by atoms with van der Waals surface area (Å²) in [5.74, 6) is -1.25. The van der Waals surface area contributed by atoms with Gasteiger partial charge in [0.05, 0.1) is 12.5 Å². The summed E-state index contributed by atoms with van der Waals surface area (Å²) in [4.78, 5) is 20.3. The fourth-order valence-electron chi connectivity index (χ4n) is 0.241. The minimum absolute atomic E-state index is 0. The van der Waals surface area contributed by atoms with Gasteiger partial charge < -0.3 is 14.8 Å². The van der Waals surface area contributed by atoms with Gasteiger partial charge in [0.15, 0.2) is 0 Å². The molecule has 0 atom stereocenters. The van der Waals surface area contributed by atoms with Gasteiger partial charge in [-0.05, 0) is 0 Å². The van der Waals surface area contributed by atoms with Crippen LogP contribution in [0.3, 0.4) is 0 Å². The fraction of sp³-hybridized carbons (Fsp3) is 0.500. The van der Waals surface area contributed by atoms with Crippen molar-refractivity contribution in [1.29, 1.82) is 0 Å². The molecule has 0 aromatic carbocycles. The first-order chi connectivity index (χ1) is 3.66. The molecule has 0 N–H and O–H groups in total. The van der Waals surface area contributed by atoms with Crippen LogP contribution in [0.2, 0.25) is 0 Å². The second kappa shape index (κ2) is 6.07. The molecule has 9 heavy (non-hydrogen) atoms. The van der Waals surface area contributed by atoms with Crippen LogP contribution in [0.15, 0.2) is 0 Å². The molecule has 5 heteroatoms. The van der Waals surface area contributed by atoms with Gasteiger partial charge in [-0.2, -0.15) is 0 Å². The summed E-state index contributed by atoms with van der Waals surface area (Å²) in [6.07, 6.45) is 0.426. The minimum Gasteiger partial charge on any atom is -0.548 e. The van der Waals surface area contributed by atoms with Crippen molar-refractivity contribution in [3.8, 4) is 0 Å². The Kier molecular flexibility index (Phi) is 7.89. The van der Waals surface area contributed by atoms with Crippen molar-refractivity contribution in [2.24, 2.45) is 0 Å². The summed E-state index contributed by atoms with van der Waals surface area (Å²) in [5, 5.41) is 9.66. The third-order valence-electron chi connectivity index (χ3n) is 0.558. The number of carboxylic acids is 1. The zero-order chi connectivity index (χ0) is 6.57. The van der Waals surface area contributed by atoms with E-state index in [4.69, 9.17) is 0 Å². The van der Waals surface area contributed by atoms with E-state index in [0.717, 1.165) is 4.90 Å². The van der Waals surface area contributed by atoms with E-state index < -0.39 is 5.97 Å². The van der Waals surface area contributed by atoms with Gasteiger partial charge in [-0.25, -0.2) is 0 Å². The van der Waals surface area contributed by atoms with Crippen molar-refractivity contribution in [2.45, 2.75) is 0 Å². The summed E-state index contributed by atoms with van der Waals surface area (Å²) in [5.41, 5.74) is 0. The first kappa shape index (κ1) is 11.7. The van der Waals surface area contributed by atoms with Crippen LogP contribution in [0.25, 0.3) is 0 Å². The van der Waals surface area contributed by atoms with Gasteiger partial charge in [0.25, 0.3) is 0 Å². The molecule has 0 saturated heterocycles. The van der Waals surface area contributed by atoms with Gasteiger partial charge in [-0.15, -0.1) is 0 Å². The van der Waals surface area contributed by atoms with Crippen molar-refractivity contribution >= 4 is 12.4 Å².